The summed E-state index contributed by atoms with van der Waals surface area (Å²) in [5.41, 5.74) is -0.133. The van der Waals surface area contributed by atoms with Crippen LogP contribution in [-0.4, -0.2) is 23.1 Å². The predicted octanol–water partition coefficient (Wildman–Crippen LogP) is 3.72. The van der Waals surface area contributed by atoms with Gasteiger partial charge in [0.05, 0.1) is 11.8 Å². The monoisotopic (exact) mass is 335 g/mol. The van der Waals surface area contributed by atoms with Crippen molar-refractivity contribution >= 4 is 17.6 Å². The fraction of sp³-hybridized carbons (Fsp3) is 0.294. The number of benzene rings is 1. The number of aryl methyl sites for hydroxylation is 1. The van der Waals surface area contributed by atoms with Crippen LogP contribution < -0.4 is 10.1 Å². The van der Waals surface area contributed by atoms with Crippen LogP contribution in [0.1, 0.15) is 47.4 Å². The Morgan fingerprint density at radius 3 is 2.54 bits per heavy atom. The van der Waals surface area contributed by atoms with E-state index in [1.54, 1.807) is 6.92 Å². The second-order valence-corrected chi connectivity index (χ2v) is 5.37. The Balaban J connectivity index is 2.19. The van der Waals surface area contributed by atoms with Crippen molar-refractivity contribution in [3.05, 3.63) is 47.2 Å². The molecule has 128 valence electrons. The molecular formula is C17H18FNO5. The number of furan rings is 1. The van der Waals surface area contributed by atoms with Gasteiger partial charge in [-0.15, -0.1) is 0 Å². The summed E-state index contributed by atoms with van der Waals surface area (Å²) in [7, 11) is 0. The van der Waals surface area contributed by atoms with Gasteiger partial charge in [-0.2, -0.15) is 0 Å². The van der Waals surface area contributed by atoms with Crippen LogP contribution in [0.2, 0.25) is 0 Å². The van der Waals surface area contributed by atoms with E-state index in [-0.39, 0.29) is 28.9 Å². The first kappa shape index (κ1) is 17.5. The van der Waals surface area contributed by atoms with E-state index in [0.717, 1.165) is 12.1 Å². The molecule has 0 unspecified atom stereocenters. The molecule has 1 heterocycles. The Kier molecular flexibility index (Phi) is 5.23. The van der Waals surface area contributed by atoms with Crippen molar-refractivity contribution in [2.24, 2.45) is 0 Å². The fourth-order valence-corrected chi connectivity index (χ4v) is 2.11. The highest BCUT2D eigenvalue weighted by Crippen LogP contribution is 2.23. The summed E-state index contributed by atoms with van der Waals surface area (Å²) in [4.78, 5) is 23.2. The number of carbonyl (C=O) groups is 2. The van der Waals surface area contributed by atoms with Gasteiger partial charge in [-0.05, 0) is 26.0 Å². The molecule has 0 atom stereocenters. The van der Waals surface area contributed by atoms with E-state index < -0.39 is 17.7 Å². The minimum atomic E-state index is -1.18. The second-order valence-electron chi connectivity index (χ2n) is 5.37. The maximum absolute atomic E-state index is 14.0. The Morgan fingerprint density at radius 2 is 2.04 bits per heavy atom. The van der Waals surface area contributed by atoms with E-state index in [4.69, 9.17) is 14.3 Å². The number of ether oxygens (including phenoxy) is 1. The summed E-state index contributed by atoms with van der Waals surface area (Å²) < 4.78 is 24.6. The van der Waals surface area contributed by atoms with Crippen LogP contribution in [0.5, 0.6) is 5.75 Å². The summed E-state index contributed by atoms with van der Waals surface area (Å²) in [5, 5.41) is 11.4. The van der Waals surface area contributed by atoms with Crippen molar-refractivity contribution < 1.29 is 28.2 Å². The zero-order chi connectivity index (χ0) is 17.9. The Bertz CT molecular complexity index is 766. The number of anilines is 1. The topological polar surface area (TPSA) is 88.8 Å². The lowest BCUT2D eigenvalue weighted by Crippen LogP contribution is -2.12. The molecule has 0 aliphatic heterocycles. The molecule has 0 bridgehead atoms. The highest BCUT2D eigenvalue weighted by atomic mass is 19.1. The molecule has 2 N–H and O–H groups in total. The molecule has 2 rings (SSSR count). The zero-order valence-electron chi connectivity index (χ0n) is 13.6. The van der Waals surface area contributed by atoms with Crippen molar-refractivity contribution in [2.45, 2.75) is 33.3 Å². The SMILES string of the molecule is CCc1oc(C(=O)Nc2ccc(OC(C)C)cc2F)cc1C(=O)O. The Labute approximate surface area is 138 Å². The number of hydrogen-bond donors (Lipinski definition) is 2. The molecule has 0 saturated heterocycles. The minimum Gasteiger partial charge on any atom is -0.491 e. The normalized spacial score (nSPS) is 10.7. The molecule has 24 heavy (non-hydrogen) atoms. The van der Waals surface area contributed by atoms with Crippen molar-refractivity contribution in [1.29, 1.82) is 0 Å². The van der Waals surface area contributed by atoms with Gasteiger partial charge in [0.2, 0.25) is 0 Å². The van der Waals surface area contributed by atoms with Gasteiger partial charge in [0.15, 0.2) is 5.76 Å². The standard InChI is InChI=1S/C17H18FNO5/c1-4-14-11(17(21)22)8-15(24-14)16(20)19-13-6-5-10(7-12(13)18)23-9(2)3/h5-9H,4H2,1-3H3,(H,19,20)(H,21,22). The van der Waals surface area contributed by atoms with E-state index in [2.05, 4.69) is 5.32 Å². The van der Waals surface area contributed by atoms with Crippen molar-refractivity contribution in [2.75, 3.05) is 5.32 Å². The molecule has 1 amide bonds. The minimum absolute atomic E-state index is 0.0533. The quantitative estimate of drug-likeness (QED) is 0.840. The van der Waals surface area contributed by atoms with E-state index in [1.807, 2.05) is 13.8 Å². The third kappa shape index (κ3) is 3.92. The molecule has 0 aliphatic rings. The van der Waals surface area contributed by atoms with Crippen molar-refractivity contribution in [3.8, 4) is 5.75 Å². The van der Waals surface area contributed by atoms with E-state index in [9.17, 15) is 14.0 Å². The molecule has 6 nitrogen and oxygen atoms in total. The lowest BCUT2D eigenvalue weighted by Gasteiger charge is -2.11. The number of carbonyl (C=O) groups excluding carboxylic acids is 1. The van der Waals surface area contributed by atoms with Crippen LogP contribution >= 0.6 is 0 Å². The average Bonchev–Trinajstić information content (AvgIpc) is 2.94. The molecule has 0 saturated carbocycles. The summed E-state index contributed by atoms with van der Waals surface area (Å²) in [6.07, 6.45) is 0.222. The van der Waals surface area contributed by atoms with Crippen molar-refractivity contribution in [3.63, 3.8) is 0 Å². The number of aromatic carboxylic acids is 1. The van der Waals surface area contributed by atoms with E-state index in [1.165, 1.54) is 12.1 Å². The summed E-state index contributed by atoms with van der Waals surface area (Å²) >= 11 is 0. The first-order valence-corrected chi connectivity index (χ1v) is 7.45. The largest absolute Gasteiger partial charge is 0.491 e. The van der Waals surface area contributed by atoms with Crippen LogP contribution in [0.3, 0.4) is 0 Å². The summed E-state index contributed by atoms with van der Waals surface area (Å²) in [6, 6.07) is 5.19. The number of hydrogen-bond acceptors (Lipinski definition) is 4. The second kappa shape index (κ2) is 7.16. The van der Waals surface area contributed by atoms with E-state index >= 15 is 0 Å². The van der Waals surface area contributed by atoms with Gasteiger partial charge in [0.1, 0.15) is 22.9 Å². The smallest absolute Gasteiger partial charge is 0.339 e. The first-order valence-electron chi connectivity index (χ1n) is 7.45. The van der Waals surface area contributed by atoms with Gasteiger partial charge < -0.3 is 19.6 Å². The molecule has 7 heteroatoms. The summed E-state index contributed by atoms with van der Waals surface area (Å²) in [6.45, 7) is 5.34. The van der Waals surface area contributed by atoms with Crippen molar-refractivity contribution in [1.82, 2.24) is 0 Å². The maximum atomic E-state index is 14.0. The molecule has 2 aromatic rings. The van der Waals surface area contributed by atoms with Gasteiger partial charge in [-0.3, -0.25) is 4.79 Å². The number of carboxylic acids is 1. The molecule has 1 aromatic heterocycles. The molecule has 0 radical (unpaired) electrons. The molecule has 0 spiro atoms. The molecule has 0 fully saturated rings. The summed E-state index contributed by atoms with van der Waals surface area (Å²) in [5.74, 6) is -2.23. The van der Waals surface area contributed by atoms with Crippen LogP contribution in [0.4, 0.5) is 10.1 Å². The number of rotatable bonds is 6. The van der Waals surface area contributed by atoms with Gasteiger partial charge in [-0.25, -0.2) is 9.18 Å². The highest BCUT2D eigenvalue weighted by Gasteiger charge is 2.21. The maximum Gasteiger partial charge on any atom is 0.339 e. The highest BCUT2D eigenvalue weighted by molar-refractivity contribution is 6.04. The van der Waals surface area contributed by atoms with Gasteiger partial charge in [0.25, 0.3) is 5.91 Å². The molecule has 1 aromatic carbocycles. The van der Waals surface area contributed by atoms with Gasteiger partial charge >= 0.3 is 5.97 Å². The Morgan fingerprint density at radius 1 is 1.33 bits per heavy atom. The lowest BCUT2D eigenvalue weighted by atomic mass is 10.2. The molecular weight excluding hydrogens is 317 g/mol. The number of halogens is 1. The van der Waals surface area contributed by atoms with E-state index in [0.29, 0.717) is 12.2 Å². The first-order chi connectivity index (χ1) is 11.3. The van der Waals surface area contributed by atoms with Crippen LogP contribution in [0.15, 0.2) is 28.7 Å². The number of carboxylic acid groups (broad SMARTS) is 1. The van der Waals surface area contributed by atoms with Gasteiger partial charge in [0, 0.05) is 18.6 Å². The Hall–Kier alpha value is -2.83. The van der Waals surface area contributed by atoms with Crippen LogP contribution in [0.25, 0.3) is 0 Å². The fourth-order valence-electron chi connectivity index (χ4n) is 2.11. The number of amides is 1. The lowest BCUT2D eigenvalue weighted by molar-refractivity contribution is 0.0694. The third-order valence-electron chi connectivity index (χ3n) is 3.14. The van der Waals surface area contributed by atoms with Crippen LogP contribution in [0, 0.1) is 5.82 Å². The van der Waals surface area contributed by atoms with Gasteiger partial charge in [-0.1, -0.05) is 6.92 Å². The average molecular weight is 335 g/mol. The third-order valence-corrected chi connectivity index (χ3v) is 3.14. The number of nitrogens with one attached hydrogen (secondary N) is 1. The zero-order valence-corrected chi connectivity index (χ0v) is 13.6. The molecule has 0 aliphatic carbocycles. The van der Waals surface area contributed by atoms with Crippen LogP contribution in [-0.2, 0) is 6.42 Å². The predicted molar refractivity (Wildman–Crippen MR) is 85.2 cm³/mol.